The maximum Gasteiger partial charge on any atom is 0.335 e. The molecule has 0 unspecified atom stereocenters. The van der Waals surface area contributed by atoms with E-state index in [1.165, 1.54) is 23.3 Å². The highest BCUT2D eigenvalue weighted by Gasteiger charge is 2.19. The van der Waals surface area contributed by atoms with Crippen LogP contribution in [-0.4, -0.2) is 30.9 Å². The number of hydrogen-bond acceptors (Lipinski definition) is 4. The van der Waals surface area contributed by atoms with E-state index in [4.69, 9.17) is 19.3 Å². The zero-order valence-electron chi connectivity index (χ0n) is 17.4. The Bertz CT molecular complexity index is 805. The third kappa shape index (κ3) is 5.65. The Labute approximate surface area is 167 Å². The first-order valence-electron chi connectivity index (χ1n) is 9.65. The zero-order chi connectivity index (χ0) is 20.7. The van der Waals surface area contributed by atoms with Gasteiger partial charge in [0.25, 0.3) is 0 Å². The first kappa shape index (κ1) is 21.6. The fourth-order valence-corrected chi connectivity index (χ4v) is 2.84. The molecule has 0 saturated carbocycles. The third-order valence-corrected chi connectivity index (χ3v) is 4.35. The second-order valence-electron chi connectivity index (χ2n) is 7.53. The lowest BCUT2D eigenvalue weighted by Crippen LogP contribution is -2.16. The monoisotopic (exact) mass is 386 g/mol. The number of rotatable bonds is 9. The van der Waals surface area contributed by atoms with Gasteiger partial charge in [-0.2, -0.15) is 0 Å². The van der Waals surface area contributed by atoms with Gasteiger partial charge in [-0.05, 0) is 54.2 Å². The van der Waals surface area contributed by atoms with Gasteiger partial charge in [-0.3, -0.25) is 0 Å². The summed E-state index contributed by atoms with van der Waals surface area (Å²) in [7, 11) is 0. The van der Waals surface area contributed by atoms with E-state index in [1.54, 1.807) is 6.07 Å². The molecule has 2 aromatic carbocycles. The number of benzene rings is 2. The minimum atomic E-state index is -0.999. The molecule has 0 bridgehead atoms. The molecule has 0 aliphatic rings. The van der Waals surface area contributed by atoms with Gasteiger partial charge in [0.2, 0.25) is 0 Å². The van der Waals surface area contributed by atoms with Gasteiger partial charge in [0.05, 0.1) is 12.2 Å². The molecule has 28 heavy (non-hydrogen) atoms. The molecule has 0 saturated heterocycles. The van der Waals surface area contributed by atoms with Crippen molar-refractivity contribution < 1.29 is 24.1 Å². The minimum Gasteiger partial charge on any atom is -0.490 e. The average Bonchev–Trinajstić information content (AvgIpc) is 2.65. The van der Waals surface area contributed by atoms with Crippen LogP contribution in [0, 0.1) is 0 Å². The molecule has 0 heterocycles. The molecule has 1 N–H and O–H groups in total. The largest absolute Gasteiger partial charge is 0.490 e. The van der Waals surface area contributed by atoms with Crippen LogP contribution in [0.4, 0.5) is 0 Å². The van der Waals surface area contributed by atoms with Crippen molar-refractivity contribution in [1.29, 1.82) is 0 Å². The highest BCUT2D eigenvalue weighted by molar-refractivity contribution is 5.88. The average molecular weight is 386 g/mol. The predicted molar refractivity (Wildman–Crippen MR) is 110 cm³/mol. The Morgan fingerprint density at radius 2 is 1.54 bits per heavy atom. The lowest BCUT2D eigenvalue weighted by molar-refractivity contribution is 0.0696. The summed E-state index contributed by atoms with van der Waals surface area (Å²) in [5, 5.41) is 9.12. The Morgan fingerprint density at radius 1 is 0.893 bits per heavy atom. The first-order valence-corrected chi connectivity index (χ1v) is 9.65. The van der Waals surface area contributed by atoms with Crippen LogP contribution in [0.1, 0.15) is 56.1 Å². The Kier molecular flexibility index (Phi) is 7.32. The number of aromatic carboxylic acids is 1. The van der Waals surface area contributed by atoms with Crippen molar-refractivity contribution >= 4 is 5.97 Å². The van der Waals surface area contributed by atoms with E-state index in [2.05, 4.69) is 39.8 Å². The molecule has 0 atom stereocenters. The molecule has 0 aliphatic carbocycles. The van der Waals surface area contributed by atoms with Crippen LogP contribution in [0.2, 0.25) is 0 Å². The van der Waals surface area contributed by atoms with E-state index >= 15 is 0 Å². The van der Waals surface area contributed by atoms with Crippen LogP contribution in [0.15, 0.2) is 36.4 Å². The standard InChI is InChI=1S/C23H30O5/c1-6-16-8-10-19(18(14-16)23(3,4)5)27-12-13-28-20-11-9-17(22(24)25)15-21(20)26-7-2/h8-11,14-15H,6-7,12-13H2,1-5H3,(H,24,25). The van der Waals surface area contributed by atoms with E-state index in [9.17, 15) is 4.79 Å². The molecular formula is C23H30O5. The molecule has 0 radical (unpaired) electrons. The summed E-state index contributed by atoms with van der Waals surface area (Å²) >= 11 is 0. The number of carboxylic acid groups (broad SMARTS) is 1. The maximum absolute atomic E-state index is 11.1. The van der Waals surface area contributed by atoms with Crippen LogP contribution in [0.3, 0.4) is 0 Å². The third-order valence-electron chi connectivity index (χ3n) is 4.35. The summed E-state index contributed by atoms with van der Waals surface area (Å²) in [5.41, 5.74) is 2.61. The smallest absolute Gasteiger partial charge is 0.335 e. The molecule has 0 aromatic heterocycles. The lowest BCUT2D eigenvalue weighted by Gasteiger charge is -2.24. The quantitative estimate of drug-likeness (QED) is 0.607. The molecule has 152 valence electrons. The summed E-state index contributed by atoms with van der Waals surface area (Å²) in [6.45, 7) is 11.6. The molecular weight excluding hydrogens is 356 g/mol. The van der Waals surface area contributed by atoms with Crippen molar-refractivity contribution in [3.63, 3.8) is 0 Å². The number of carbonyl (C=O) groups is 1. The molecule has 2 rings (SSSR count). The van der Waals surface area contributed by atoms with Crippen molar-refractivity contribution in [3.05, 3.63) is 53.1 Å². The summed E-state index contributed by atoms with van der Waals surface area (Å²) in [6.07, 6.45) is 0.985. The number of ether oxygens (including phenoxy) is 3. The fraction of sp³-hybridized carbons (Fsp3) is 0.435. The van der Waals surface area contributed by atoms with Crippen LogP contribution in [0.5, 0.6) is 17.2 Å². The molecule has 5 nitrogen and oxygen atoms in total. The second kappa shape index (κ2) is 9.49. The van der Waals surface area contributed by atoms with Crippen molar-refractivity contribution in [1.82, 2.24) is 0 Å². The number of hydrogen-bond donors (Lipinski definition) is 1. The van der Waals surface area contributed by atoms with E-state index in [0.29, 0.717) is 31.3 Å². The predicted octanol–water partition coefficient (Wildman–Crippen LogP) is 5.10. The molecule has 2 aromatic rings. The van der Waals surface area contributed by atoms with E-state index in [0.717, 1.165) is 12.2 Å². The minimum absolute atomic E-state index is 0.0177. The maximum atomic E-state index is 11.1. The Balaban J connectivity index is 2.04. The highest BCUT2D eigenvalue weighted by Crippen LogP contribution is 2.33. The van der Waals surface area contributed by atoms with Gasteiger partial charge in [0, 0.05) is 0 Å². The molecule has 0 fully saturated rings. The van der Waals surface area contributed by atoms with Gasteiger partial charge in [0.15, 0.2) is 11.5 Å². The van der Waals surface area contributed by atoms with Gasteiger partial charge < -0.3 is 19.3 Å². The zero-order valence-corrected chi connectivity index (χ0v) is 17.4. The van der Waals surface area contributed by atoms with Gasteiger partial charge in [-0.25, -0.2) is 4.79 Å². The van der Waals surface area contributed by atoms with E-state index in [1.807, 2.05) is 13.0 Å². The molecule has 0 aliphatic heterocycles. The summed E-state index contributed by atoms with van der Waals surface area (Å²) in [6, 6.07) is 10.9. The molecule has 0 spiro atoms. The van der Waals surface area contributed by atoms with Crippen LogP contribution in [-0.2, 0) is 11.8 Å². The summed E-state index contributed by atoms with van der Waals surface area (Å²) in [4.78, 5) is 11.1. The SMILES string of the molecule is CCOc1cc(C(=O)O)ccc1OCCOc1ccc(CC)cc1C(C)(C)C. The van der Waals surface area contributed by atoms with Gasteiger partial charge in [0.1, 0.15) is 19.0 Å². The van der Waals surface area contributed by atoms with Crippen LogP contribution in [0.25, 0.3) is 0 Å². The molecule has 0 amide bonds. The van der Waals surface area contributed by atoms with Gasteiger partial charge >= 0.3 is 5.97 Å². The Hall–Kier alpha value is -2.69. The Morgan fingerprint density at radius 3 is 2.11 bits per heavy atom. The van der Waals surface area contributed by atoms with E-state index in [-0.39, 0.29) is 11.0 Å². The van der Waals surface area contributed by atoms with E-state index < -0.39 is 5.97 Å². The number of carboxylic acids is 1. The van der Waals surface area contributed by atoms with Crippen LogP contribution >= 0.6 is 0 Å². The normalized spacial score (nSPS) is 11.2. The van der Waals surface area contributed by atoms with Gasteiger partial charge in [-0.15, -0.1) is 0 Å². The summed E-state index contributed by atoms with van der Waals surface area (Å²) in [5.74, 6) is 0.790. The molecule has 5 heteroatoms. The lowest BCUT2D eigenvalue weighted by atomic mass is 9.85. The topological polar surface area (TPSA) is 65.0 Å². The first-order chi connectivity index (χ1) is 13.3. The van der Waals surface area contributed by atoms with Crippen LogP contribution < -0.4 is 14.2 Å². The van der Waals surface area contributed by atoms with Crippen molar-refractivity contribution in [2.45, 2.75) is 46.5 Å². The number of aryl methyl sites for hydroxylation is 1. The fourth-order valence-electron chi connectivity index (χ4n) is 2.84. The van der Waals surface area contributed by atoms with Crippen molar-refractivity contribution in [2.24, 2.45) is 0 Å². The van der Waals surface area contributed by atoms with Crippen molar-refractivity contribution in [2.75, 3.05) is 19.8 Å². The van der Waals surface area contributed by atoms with Crippen molar-refractivity contribution in [3.8, 4) is 17.2 Å². The summed E-state index contributed by atoms with van der Waals surface area (Å²) < 4.78 is 17.3. The highest BCUT2D eigenvalue weighted by atomic mass is 16.5. The second-order valence-corrected chi connectivity index (χ2v) is 7.53. The van der Waals surface area contributed by atoms with Gasteiger partial charge in [-0.1, -0.05) is 39.8 Å².